The van der Waals surface area contributed by atoms with Gasteiger partial charge in [-0.25, -0.2) is 0 Å². The van der Waals surface area contributed by atoms with E-state index in [4.69, 9.17) is 0 Å². The van der Waals surface area contributed by atoms with Crippen molar-refractivity contribution >= 4 is 22.9 Å². The van der Waals surface area contributed by atoms with E-state index < -0.39 is 0 Å². The van der Waals surface area contributed by atoms with Crippen LogP contribution in [0.3, 0.4) is 0 Å². The minimum absolute atomic E-state index is 0.0191. The van der Waals surface area contributed by atoms with Gasteiger partial charge in [0.05, 0.1) is 12.2 Å². The third kappa shape index (κ3) is 4.30. The molecule has 0 saturated heterocycles. The topological polar surface area (TPSA) is 20.3 Å². The maximum atomic E-state index is 13.4. The van der Waals surface area contributed by atoms with Gasteiger partial charge in [-0.1, -0.05) is 72.3 Å². The fourth-order valence-electron chi connectivity index (χ4n) is 3.31. The predicted molar refractivity (Wildman–Crippen MR) is 123 cm³/mol. The molecule has 29 heavy (non-hydrogen) atoms. The highest BCUT2D eigenvalue weighted by atomic mass is 32.1. The number of rotatable bonds is 5. The lowest BCUT2D eigenvalue weighted by Gasteiger charge is -2.23. The minimum atomic E-state index is 0.0191. The van der Waals surface area contributed by atoms with Crippen LogP contribution in [-0.4, -0.2) is 5.91 Å². The number of carbonyl (C=O) groups is 1. The second-order valence-electron chi connectivity index (χ2n) is 7.22. The Balaban J connectivity index is 1.72. The lowest BCUT2D eigenvalue weighted by atomic mass is 10.1. The van der Waals surface area contributed by atoms with Crippen LogP contribution < -0.4 is 4.90 Å². The molecule has 2 nitrogen and oxygen atoms in total. The van der Waals surface area contributed by atoms with Gasteiger partial charge < -0.3 is 4.90 Å². The Morgan fingerprint density at radius 2 is 1.55 bits per heavy atom. The summed E-state index contributed by atoms with van der Waals surface area (Å²) in [6.07, 6.45) is 0. The van der Waals surface area contributed by atoms with Crippen molar-refractivity contribution in [2.75, 3.05) is 4.90 Å². The van der Waals surface area contributed by atoms with E-state index in [9.17, 15) is 4.79 Å². The molecule has 0 saturated carbocycles. The Kier molecular flexibility index (Phi) is 5.59. The van der Waals surface area contributed by atoms with Gasteiger partial charge in [-0.3, -0.25) is 4.79 Å². The van der Waals surface area contributed by atoms with Crippen LogP contribution in [0.2, 0.25) is 0 Å². The fraction of sp³-hybridized carbons (Fsp3) is 0.115. The Morgan fingerprint density at radius 1 is 0.862 bits per heavy atom. The van der Waals surface area contributed by atoms with Crippen molar-refractivity contribution in [1.82, 2.24) is 0 Å². The Bertz CT molecular complexity index is 1110. The van der Waals surface area contributed by atoms with Crippen molar-refractivity contribution < 1.29 is 4.79 Å². The molecule has 4 aromatic rings. The minimum Gasteiger partial charge on any atom is -0.303 e. The summed E-state index contributed by atoms with van der Waals surface area (Å²) in [6.45, 7) is 4.67. The number of hydrogen-bond acceptors (Lipinski definition) is 2. The van der Waals surface area contributed by atoms with Crippen LogP contribution in [0.15, 0.2) is 90.3 Å². The first-order valence-electron chi connectivity index (χ1n) is 9.69. The number of aryl methyl sites for hydroxylation is 2. The van der Waals surface area contributed by atoms with E-state index in [0.29, 0.717) is 12.1 Å². The van der Waals surface area contributed by atoms with Crippen LogP contribution in [0.5, 0.6) is 0 Å². The number of amides is 1. The summed E-state index contributed by atoms with van der Waals surface area (Å²) in [6, 6.07) is 28.4. The predicted octanol–water partition coefficient (Wildman–Crippen LogP) is 6.88. The van der Waals surface area contributed by atoms with Crippen LogP contribution >= 0.6 is 11.3 Å². The first-order chi connectivity index (χ1) is 14.1. The summed E-state index contributed by atoms with van der Waals surface area (Å²) in [5, 5.41) is 2.08. The summed E-state index contributed by atoms with van der Waals surface area (Å²) in [4.78, 5) is 16.5. The van der Waals surface area contributed by atoms with E-state index >= 15 is 0 Å². The quantitative estimate of drug-likeness (QED) is 0.359. The zero-order chi connectivity index (χ0) is 20.2. The Morgan fingerprint density at radius 3 is 2.28 bits per heavy atom. The molecule has 0 aliphatic carbocycles. The molecule has 0 spiro atoms. The number of carbonyl (C=O) groups excluding carboxylic acids is 1. The fourth-order valence-corrected chi connectivity index (χ4v) is 4.22. The van der Waals surface area contributed by atoms with Gasteiger partial charge >= 0.3 is 0 Å². The van der Waals surface area contributed by atoms with E-state index in [-0.39, 0.29) is 5.91 Å². The van der Waals surface area contributed by atoms with E-state index in [2.05, 4.69) is 42.6 Å². The van der Waals surface area contributed by atoms with Crippen molar-refractivity contribution in [3.8, 4) is 10.4 Å². The third-order valence-corrected chi connectivity index (χ3v) is 6.06. The molecule has 1 heterocycles. The van der Waals surface area contributed by atoms with Gasteiger partial charge in [-0.05, 0) is 48.7 Å². The van der Waals surface area contributed by atoms with Gasteiger partial charge in [0.1, 0.15) is 0 Å². The van der Waals surface area contributed by atoms with Crippen LogP contribution in [0, 0.1) is 13.8 Å². The molecule has 0 unspecified atom stereocenters. The Labute approximate surface area is 176 Å². The van der Waals surface area contributed by atoms with E-state index in [1.54, 1.807) is 11.3 Å². The summed E-state index contributed by atoms with van der Waals surface area (Å²) < 4.78 is 0. The standard InChI is InChI=1S/C26H23NOS/c1-19-12-14-22(15-13-19)26(28)27(17-23-11-7-6-8-20(23)2)24-16-25(29-18-24)21-9-4-3-5-10-21/h3-16,18H,17H2,1-2H3. The molecule has 0 radical (unpaired) electrons. The molecule has 0 atom stereocenters. The van der Waals surface area contributed by atoms with Gasteiger partial charge in [-0.2, -0.15) is 0 Å². The lowest BCUT2D eigenvalue weighted by molar-refractivity contribution is 0.0985. The largest absolute Gasteiger partial charge is 0.303 e. The Hall–Kier alpha value is -3.17. The SMILES string of the molecule is Cc1ccc(C(=O)N(Cc2ccccc2C)c2csc(-c3ccccc3)c2)cc1. The zero-order valence-corrected chi connectivity index (χ0v) is 17.4. The third-order valence-electron chi connectivity index (χ3n) is 5.09. The number of anilines is 1. The molecule has 4 rings (SSSR count). The lowest BCUT2D eigenvalue weighted by Crippen LogP contribution is -2.30. The molecule has 144 valence electrons. The zero-order valence-electron chi connectivity index (χ0n) is 16.6. The summed E-state index contributed by atoms with van der Waals surface area (Å²) in [5.41, 5.74) is 6.30. The molecular formula is C26H23NOS. The number of hydrogen-bond donors (Lipinski definition) is 0. The van der Waals surface area contributed by atoms with Gasteiger partial charge in [0.15, 0.2) is 0 Å². The maximum absolute atomic E-state index is 13.4. The first-order valence-corrected chi connectivity index (χ1v) is 10.6. The molecule has 3 heteroatoms. The molecule has 1 aromatic heterocycles. The van der Waals surface area contributed by atoms with Crippen molar-refractivity contribution in [2.24, 2.45) is 0 Å². The van der Waals surface area contributed by atoms with Crippen LogP contribution in [0.1, 0.15) is 27.0 Å². The van der Waals surface area contributed by atoms with Crippen LogP contribution in [0.4, 0.5) is 5.69 Å². The molecule has 0 N–H and O–H groups in total. The van der Waals surface area contributed by atoms with Crippen LogP contribution in [0.25, 0.3) is 10.4 Å². The molecular weight excluding hydrogens is 374 g/mol. The highest BCUT2D eigenvalue weighted by Crippen LogP contribution is 2.33. The molecule has 3 aromatic carbocycles. The van der Waals surface area contributed by atoms with Crippen molar-refractivity contribution in [3.63, 3.8) is 0 Å². The average Bonchev–Trinajstić information content (AvgIpc) is 3.24. The smallest absolute Gasteiger partial charge is 0.258 e. The summed E-state index contributed by atoms with van der Waals surface area (Å²) >= 11 is 1.67. The number of nitrogens with zero attached hydrogens (tertiary/aromatic N) is 1. The van der Waals surface area contributed by atoms with E-state index in [1.807, 2.05) is 66.4 Å². The maximum Gasteiger partial charge on any atom is 0.258 e. The van der Waals surface area contributed by atoms with Gasteiger partial charge in [0.2, 0.25) is 0 Å². The first kappa shape index (κ1) is 19.2. The highest BCUT2D eigenvalue weighted by Gasteiger charge is 2.20. The summed E-state index contributed by atoms with van der Waals surface area (Å²) in [7, 11) is 0. The van der Waals surface area contributed by atoms with Crippen LogP contribution in [-0.2, 0) is 6.54 Å². The van der Waals surface area contributed by atoms with Crippen molar-refractivity contribution in [2.45, 2.75) is 20.4 Å². The second-order valence-corrected chi connectivity index (χ2v) is 8.13. The van der Waals surface area contributed by atoms with Gasteiger partial charge in [0.25, 0.3) is 5.91 Å². The molecule has 0 fully saturated rings. The van der Waals surface area contributed by atoms with Gasteiger partial charge in [0, 0.05) is 15.8 Å². The van der Waals surface area contributed by atoms with Crippen molar-refractivity contribution in [3.05, 3.63) is 113 Å². The normalized spacial score (nSPS) is 10.7. The molecule has 1 amide bonds. The van der Waals surface area contributed by atoms with E-state index in [0.717, 1.165) is 21.7 Å². The van der Waals surface area contributed by atoms with Gasteiger partial charge in [-0.15, -0.1) is 11.3 Å². The molecule has 0 aliphatic heterocycles. The molecule has 0 bridgehead atoms. The number of benzene rings is 3. The molecule has 0 aliphatic rings. The number of thiophene rings is 1. The van der Waals surface area contributed by atoms with E-state index in [1.165, 1.54) is 11.1 Å². The average molecular weight is 398 g/mol. The monoisotopic (exact) mass is 397 g/mol. The van der Waals surface area contributed by atoms with Crippen molar-refractivity contribution in [1.29, 1.82) is 0 Å². The second kappa shape index (κ2) is 8.46. The summed E-state index contributed by atoms with van der Waals surface area (Å²) in [5.74, 6) is 0.0191. The highest BCUT2D eigenvalue weighted by molar-refractivity contribution is 7.14.